The van der Waals surface area contributed by atoms with Gasteiger partial charge in [-0.25, -0.2) is 4.68 Å². The standard InChI is InChI=1S/C8H14N4O/c1-5(13)8-4-10-11-12(8)7-2-6(9)3-7/h4-7,13H,2-3,9H2,1H3/t5-,6?,7?/m0/s1. The van der Waals surface area contributed by atoms with Crippen molar-refractivity contribution in [2.45, 2.75) is 38.0 Å². The number of aliphatic hydroxyl groups excluding tert-OH is 1. The first-order valence-electron chi connectivity index (χ1n) is 4.52. The van der Waals surface area contributed by atoms with Gasteiger partial charge in [-0.15, -0.1) is 5.10 Å². The van der Waals surface area contributed by atoms with Gasteiger partial charge in [0.1, 0.15) is 0 Å². The van der Waals surface area contributed by atoms with Crippen molar-refractivity contribution in [1.29, 1.82) is 0 Å². The van der Waals surface area contributed by atoms with Crippen LogP contribution in [0.5, 0.6) is 0 Å². The fourth-order valence-electron chi connectivity index (χ4n) is 1.66. The predicted octanol–water partition coefficient (Wildman–Crippen LogP) is -0.00640. The molecule has 72 valence electrons. The van der Waals surface area contributed by atoms with Crippen molar-refractivity contribution in [2.75, 3.05) is 0 Å². The lowest BCUT2D eigenvalue weighted by Gasteiger charge is -2.33. The molecule has 0 aromatic carbocycles. The van der Waals surface area contributed by atoms with E-state index in [9.17, 15) is 5.11 Å². The van der Waals surface area contributed by atoms with Crippen molar-refractivity contribution in [3.63, 3.8) is 0 Å². The summed E-state index contributed by atoms with van der Waals surface area (Å²) < 4.78 is 1.79. The second-order valence-electron chi connectivity index (χ2n) is 3.66. The minimum atomic E-state index is -0.508. The molecule has 3 N–H and O–H groups in total. The summed E-state index contributed by atoms with van der Waals surface area (Å²) in [6.07, 6.45) is 2.97. The molecule has 0 saturated heterocycles. The van der Waals surface area contributed by atoms with Crippen molar-refractivity contribution < 1.29 is 5.11 Å². The molecule has 1 aromatic rings. The van der Waals surface area contributed by atoms with Gasteiger partial charge in [-0.05, 0) is 19.8 Å². The molecule has 1 heterocycles. The highest BCUT2D eigenvalue weighted by Crippen LogP contribution is 2.31. The fraction of sp³-hybridized carbons (Fsp3) is 0.750. The van der Waals surface area contributed by atoms with Crippen molar-refractivity contribution >= 4 is 0 Å². The summed E-state index contributed by atoms with van der Waals surface area (Å²) in [4.78, 5) is 0. The molecule has 0 amide bonds. The molecule has 1 aliphatic rings. The summed E-state index contributed by atoms with van der Waals surface area (Å²) in [7, 11) is 0. The Balaban J connectivity index is 2.16. The first-order valence-corrected chi connectivity index (χ1v) is 4.52. The van der Waals surface area contributed by atoms with E-state index in [1.807, 2.05) is 0 Å². The molecule has 0 aliphatic heterocycles. The molecule has 13 heavy (non-hydrogen) atoms. The van der Waals surface area contributed by atoms with E-state index in [1.54, 1.807) is 17.8 Å². The van der Waals surface area contributed by atoms with E-state index >= 15 is 0 Å². The summed E-state index contributed by atoms with van der Waals surface area (Å²) in [6.45, 7) is 1.72. The predicted molar refractivity (Wildman–Crippen MR) is 46.9 cm³/mol. The van der Waals surface area contributed by atoms with E-state index in [4.69, 9.17) is 5.73 Å². The highest BCUT2D eigenvalue weighted by molar-refractivity contribution is 5.02. The second-order valence-corrected chi connectivity index (χ2v) is 3.66. The maximum absolute atomic E-state index is 9.40. The molecule has 1 aliphatic carbocycles. The molecule has 0 unspecified atom stereocenters. The van der Waals surface area contributed by atoms with Gasteiger partial charge in [0.2, 0.25) is 0 Å². The number of nitrogens with zero attached hydrogens (tertiary/aromatic N) is 3. The maximum atomic E-state index is 9.40. The minimum Gasteiger partial charge on any atom is -0.387 e. The zero-order valence-electron chi connectivity index (χ0n) is 7.59. The zero-order valence-corrected chi connectivity index (χ0v) is 7.59. The van der Waals surface area contributed by atoms with Crippen LogP contribution in [0.2, 0.25) is 0 Å². The fourth-order valence-corrected chi connectivity index (χ4v) is 1.66. The maximum Gasteiger partial charge on any atom is 0.0945 e. The Morgan fingerprint density at radius 2 is 2.38 bits per heavy atom. The Labute approximate surface area is 76.5 Å². The number of aromatic nitrogens is 3. The highest BCUT2D eigenvalue weighted by Gasteiger charge is 2.30. The van der Waals surface area contributed by atoms with Gasteiger partial charge in [0.25, 0.3) is 0 Å². The van der Waals surface area contributed by atoms with Crippen LogP contribution in [0.4, 0.5) is 0 Å². The van der Waals surface area contributed by atoms with Crippen molar-refractivity contribution in [3.05, 3.63) is 11.9 Å². The third-order valence-corrected chi connectivity index (χ3v) is 2.53. The lowest BCUT2D eigenvalue weighted by molar-refractivity contribution is 0.166. The minimum absolute atomic E-state index is 0.288. The second kappa shape index (κ2) is 3.08. The highest BCUT2D eigenvalue weighted by atomic mass is 16.3. The van der Waals surface area contributed by atoms with Gasteiger partial charge in [0, 0.05) is 6.04 Å². The zero-order chi connectivity index (χ0) is 9.42. The van der Waals surface area contributed by atoms with Crippen molar-refractivity contribution in [1.82, 2.24) is 15.0 Å². The van der Waals surface area contributed by atoms with Crippen molar-refractivity contribution in [2.24, 2.45) is 5.73 Å². The normalized spacial score (nSPS) is 29.8. The number of rotatable bonds is 2. The van der Waals surface area contributed by atoms with Crippen molar-refractivity contribution in [3.8, 4) is 0 Å². The average Bonchev–Trinajstić information content (AvgIpc) is 2.45. The molecule has 5 nitrogen and oxygen atoms in total. The molecule has 1 atom stereocenters. The van der Waals surface area contributed by atoms with E-state index < -0.39 is 6.10 Å². The van der Waals surface area contributed by atoms with Crippen LogP contribution in [0, 0.1) is 0 Å². The molecule has 0 bridgehead atoms. The van der Waals surface area contributed by atoms with Gasteiger partial charge < -0.3 is 10.8 Å². The number of hydrogen-bond acceptors (Lipinski definition) is 4. The van der Waals surface area contributed by atoms with Crippen LogP contribution in [-0.2, 0) is 0 Å². The van der Waals surface area contributed by atoms with Gasteiger partial charge in [-0.1, -0.05) is 5.21 Å². The molecule has 1 saturated carbocycles. The van der Waals surface area contributed by atoms with Gasteiger partial charge in [-0.2, -0.15) is 0 Å². The molecule has 1 aromatic heterocycles. The third-order valence-electron chi connectivity index (χ3n) is 2.53. The first kappa shape index (κ1) is 8.65. The molecule has 1 fully saturated rings. The summed E-state index contributed by atoms with van der Waals surface area (Å²) in [6, 6.07) is 0.623. The van der Waals surface area contributed by atoms with E-state index in [-0.39, 0.29) is 6.04 Å². The summed E-state index contributed by atoms with van der Waals surface area (Å²) >= 11 is 0. The Kier molecular flexibility index (Phi) is 2.05. The summed E-state index contributed by atoms with van der Waals surface area (Å²) in [5.74, 6) is 0. The number of hydrogen-bond donors (Lipinski definition) is 2. The Bertz CT molecular complexity index is 290. The average molecular weight is 182 g/mol. The SMILES string of the molecule is C[C@H](O)c1cnnn1C1CC(N)C1. The lowest BCUT2D eigenvalue weighted by Crippen LogP contribution is -2.38. The number of aliphatic hydroxyl groups is 1. The monoisotopic (exact) mass is 182 g/mol. The molecular weight excluding hydrogens is 168 g/mol. The smallest absolute Gasteiger partial charge is 0.0945 e. The van der Waals surface area contributed by atoms with Crippen LogP contribution in [0.3, 0.4) is 0 Å². The molecular formula is C8H14N4O. The van der Waals surface area contributed by atoms with Crippen LogP contribution in [0.1, 0.15) is 37.6 Å². The number of nitrogens with two attached hydrogens (primary N) is 1. The molecule has 2 rings (SSSR count). The van der Waals surface area contributed by atoms with Gasteiger partial charge in [0.05, 0.1) is 24.0 Å². The van der Waals surface area contributed by atoms with Crippen LogP contribution < -0.4 is 5.73 Å². The molecule has 0 spiro atoms. The van der Waals surface area contributed by atoms with Gasteiger partial charge >= 0.3 is 0 Å². The van der Waals surface area contributed by atoms with Gasteiger partial charge in [-0.3, -0.25) is 0 Å². The third kappa shape index (κ3) is 1.45. The Morgan fingerprint density at radius 3 is 2.92 bits per heavy atom. The quantitative estimate of drug-likeness (QED) is 0.674. The Morgan fingerprint density at radius 1 is 1.69 bits per heavy atom. The largest absolute Gasteiger partial charge is 0.387 e. The summed E-state index contributed by atoms with van der Waals surface area (Å²) in [5.41, 5.74) is 6.45. The Hall–Kier alpha value is -0.940. The molecule has 0 radical (unpaired) electrons. The van der Waals surface area contributed by atoms with E-state index in [0.29, 0.717) is 6.04 Å². The first-order chi connectivity index (χ1) is 6.18. The lowest BCUT2D eigenvalue weighted by atomic mass is 9.87. The van der Waals surface area contributed by atoms with E-state index in [2.05, 4.69) is 10.3 Å². The van der Waals surface area contributed by atoms with E-state index in [0.717, 1.165) is 18.5 Å². The van der Waals surface area contributed by atoms with Crippen LogP contribution in [0.15, 0.2) is 6.20 Å². The topological polar surface area (TPSA) is 77.0 Å². The van der Waals surface area contributed by atoms with E-state index in [1.165, 1.54) is 0 Å². The van der Waals surface area contributed by atoms with Crippen LogP contribution >= 0.6 is 0 Å². The van der Waals surface area contributed by atoms with Crippen LogP contribution in [-0.4, -0.2) is 26.1 Å². The molecule has 5 heteroatoms. The van der Waals surface area contributed by atoms with Gasteiger partial charge in [0.15, 0.2) is 0 Å². The summed E-state index contributed by atoms with van der Waals surface area (Å²) in [5, 5.41) is 17.1. The van der Waals surface area contributed by atoms with Crippen LogP contribution in [0.25, 0.3) is 0 Å².